The van der Waals surface area contributed by atoms with Gasteiger partial charge in [0.15, 0.2) is 0 Å². The summed E-state index contributed by atoms with van der Waals surface area (Å²) in [4.78, 5) is 0. The number of fused-ring (bicyclic) bond motifs is 12. The highest BCUT2D eigenvalue weighted by Crippen LogP contribution is 2.49. The van der Waals surface area contributed by atoms with Crippen LogP contribution in [0.3, 0.4) is 0 Å². The Hall–Kier alpha value is -8.06. The highest BCUT2D eigenvalue weighted by molar-refractivity contribution is 6.11. The Bertz CT molecular complexity index is 3730. The van der Waals surface area contributed by atoms with Crippen molar-refractivity contribution in [3.63, 3.8) is 0 Å². The van der Waals surface area contributed by atoms with Gasteiger partial charge in [-0.05, 0) is 104 Å². The second kappa shape index (κ2) is 13.2. The van der Waals surface area contributed by atoms with Crippen molar-refractivity contribution in [1.82, 2.24) is 18.3 Å². The van der Waals surface area contributed by atoms with Gasteiger partial charge in [-0.2, -0.15) is 10.5 Å². The van der Waals surface area contributed by atoms with Crippen molar-refractivity contribution in [2.24, 2.45) is 0 Å². The van der Waals surface area contributed by atoms with E-state index in [0.717, 1.165) is 105 Å². The van der Waals surface area contributed by atoms with E-state index in [1.807, 2.05) is 0 Å². The highest BCUT2D eigenvalue weighted by atomic mass is 15.2. The fraction of sp³-hybridized carbons (Fsp3) is 0.107. The molecule has 0 radical (unpaired) electrons. The molecule has 10 aromatic rings. The molecule has 0 aliphatic heterocycles. The zero-order chi connectivity index (χ0) is 41.1. The highest BCUT2D eigenvalue weighted by Gasteiger charge is 2.36. The van der Waals surface area contributed by atoms with Gasteiger partial charge in [0.05, 0.1) is 61.5 Å². The van der Waals surface area contributed by atoms with Crippen LogP contribution in [0, 0.1) is 22.7 Å². The van der Waals surface area contributed by atoms with Crippen LogP contribution >= 0.6 is 0 Å². The number of aryl methyl sites for hydroxylation is 3. The lowest BCUT2D eigenvalue weighted by molar-refractivity contribution is 0.918. The fourth-order valence-electron chi connectivity index (χ4n) is 11.2. The number of benzene rings is 6. The van der Waals surface area contributed by atoms with Crippen molar-refractivity contribution in [3.8, 4) is 34.9 Å². The van der Waals surface area contributed by atoms with Crippen molar-refractivity contribution in [2.45, 2.75) is 38.5 Å². The molecule has 0 N–H and O–H groups in total. The van der Waals surface area contributed by atoms with Crippen molar-refractivity contribution >= 4 is 72.7 Å². The summed E-state index contributed by atoms with van der Waals surface area (Å²) in [6.45, 7) is 0. The molecule has 0 spiro atoms. The first kappa shape index (κ1) is 34.8. The van der Waals surface area contributed by atoms with E-state index in [-0.39, 0.29) is 0 Å². The van der Waals surface area contributed by atoms with E-state index in [9.17, 15) is 10.5 Å². The molecule has 4 aromatic heterocycles. The third-order valence-electron chi connectivity index (χ3n) is 13.7. The number of para-hydroxylation sites is 5. The smallest absolute Gasteiger partial charge is 0.103 e. The average molecular weight is 795 g/mol. The number of hydrogen-bond acceptors (Lipinski definition) is 2. The molecule has 0 saturated carbocycles. The molecule has 0 unspecified atom stereocenters. The van der Waals surface area contributed by atoms with Crippen molar-refractivity contribution in [1.29, 1.82) is 10.5 Å². The van der Waals surface area contributed by atoms with Gasteiger partial charge in [-0.1, -0.05) is 109 Å². The first-order chi connectivity index (χ1) is 30.8. The minimum atomic E-state index is 0.339. The fourth-order valence-corrected chi connectivity index (χ4v) is 11.2. The van der Waals surface area contributed by atoms with Gasteiger partial charge in [0.1, 0.15) is 12.1 Å². The predicted octanol–water partition coefficient (Wildman–Crippen LogP) is 13.2. The van der Waals surface area contributed by atoms with E-state index in [4.69, 9.17) is 0 Å². The molecule has 62 heavy (non-hydrogen) atoms. The Kier molecular flexibility index (Phi) is 7.41. The molecule has 0 saturated heterocycles. The lowest BCUT2D eigenvalue weighted by Gasteiger charge is -2.29. The van der Waals surface area contributed by atoms with E-state index in [0.29, 0.717) is 22.5 Å². The van der Waals surface area contributed by atoms with Crippen LogP contribution in [0.15, 0.2) is 140 Å². The number of hydrogen-bond donors (Lipinski definition) is 0. The number of nitrogens with zero attached hydrogens (tertiary/aromatic N) is 6. The van der Waals surface area contributed by atoms with E-state index in [1.165, 1.54) is 32.8 Å². The summed E-state index contributed by atoms with van der Waals surface area (Å²) in [5, 5.41) is 29.6. The molecular formula is C56H38N6. The van der Waals surface area contributed by atoms with Crippen molar-refractivity contribution in [2.75, 3.05) is 0 Å². The molecule has 6 nitrogen and oxygen atoms in total. The molecule has 292 valence electrons. The molecule has 6 aromatic carbocycles. The van der Waals surface area contributed by atoms with E-state index in [2.05, 4.69) is 188 Å². The van der Waals surface area contributed by atoms with Crippen LogP contribution in [-0.2, 0) is 19.3 Å². The van der Waals surface area contributed by atoms with Gasteiger partial charge in [-0.3, -0.25) is 0 Å². The van der Waals surface area contributed by atoms with Gasteiger partial charge < -0.3 is 18.3 Å². The molecule has 3 aliphatic carbocycles. The Balaban J connectivity index is 1.38. The van der Waals surface area contributed by atoms with Gasteiger partial charge in [0.2, 0.25) is 0 Å². The minimum absolute atomic E-state index is 0.339. The van der Waals surface area contributed by atoms with E-state index in [1.54, 1.807) is 0 Å². The second-order valence-electron chi connectivity index (χ2n) is 16.7. The van der Waals surface area contributed by atoms with Crippen LogP contribution in [0.4, 0.5) is 0 Å². The molecule has 6 heteroatoms. The topological polar surface area (TPSA) is 67.3 Å². The number of aromatic nitrogens is 4. The Morgan fingerprint density at radius 2 is 0.629 bits per heavy atom. The normalized spacial score (nSPS) is 14.2. The largest absolute Gasteiger partial charge is 0.306 e. The Morgan fingerprint density at radius 1 is 0.339 bits per heavy atom. The van der Waals surface area contributed by atoms with Crippen molar-refractivity contribution in [3.05, 3.63) is 184 Å². The maximum absolute atomic E-state index is 11.9. The zero-order valence-corrected chi connectivity index (χ0v) is 33.9. The third kappa shape index (κ3) is 4.56. The SMILES string of the molecule is N#Cc1c(C#N)c(-n2c3ccccc3c3ccccc32)c(-n2c3c(c4ccccc42)CCC=C3)c(-n2c3c(c4ccccc42)CCC=C3)c1-n1c2c(c3ccccc31)CCC=C2. The Morgan fingerprint density at radius 3 is 0.984 bits per heavy atom. The maximum Gasteiger partial charge on any atom is 0.103 e. The number of nitriles is 2. The molecule has 0 fully saturated rings. The maximum atomic E-state index is 11.9. The van der Waals surface area contributed by atoms with Crippen LogP contribution in [-0.4, -0.2) is 18.3 Å². The van der Waals surface area contributed by atoms with Gasteiger partial charge in [0.25, 0.3) is 0 Å². The molecule has 13 rings (SSSR count). The molecular weight excluding hydrogens is 757 g/mol. The van der Waals surface area contributed by atoms with Gasteiger partial charge in [-0.25, -0.2) is 0 Å². The standard InChI is InChI=1S/C56H38N6/c57-33-43-44(34-58)54(60-47-27-11-3-19-37(47)38-20-4-12-28-48(38)60)56(62-51-31-15-7-23-41(51)42-24-8-16-32-52(42)62)55(61-49-29-13-5-21-39(49)40-22-6-14-30-50(40)61)53(43)59-45-25-9-1-17-35(45)36-18-2-10-26-46(36)59/h1-3,5,7,9-19,21,23,25-32H,4,6,8,20,22,24H2. The summed E-state index contributed by atoms with van der Waals surface area (Å²) in [6, 6.07) is 48.5. The zero-order valence-electron chi connectivity index (χ0n) is 33.9. The predicted molar refractivity (Wildman–Crippen MR) is 253 cm³/mol. The minimum Gasteiger partial charge on any atom is -0.306 e. The monoisotopic (exact) mass is 794 g/mol. The lowest BCUT2D eigenvalue weighted by Crippen LogP contribution is -2.19. The number of rotatable bonds is 4. The van der Waals surface area contributed by atoms with Crippen molar-refractivity contribution < 1.29 is 0 Å². The summed E-state index contributed by atoms with van der Waals surface area (Å²) in [7, 11) is 0. The summed E-state index contributed by atoms with van der Waals surface area (Å²) >= 11 is 0. The van der Waals surface area contributed by atoms with Gasteiger partial charge >= 0.3 is 0 Å². The van der Waals surface area contributed by atoms with E-state index < -0.39 is 0 Å². The quantitative estimate of drug-likeness (QED) is 0.178. The second-order valence-corrected chi connectivity index (χ2v) is 16.7. The average Bonchev–Trinajstić information content (AvgIpc) is 4.06. The first-order valence-corrected chi connectivity index (χ1v) is 21.7. The third-order valence-corrected chi connectivity index (χ3v) is 13.7. The van der Waals surface area contributed by atoms with Crippen LogP contribution in [0.25, 0.3) is 95.5 Å². The Labute approximate surface area is 358 Å². The molecule has 0 atom stereocenters. The van der Waals surface area contributed by atoms with Gasteiger partial charge in [0, 0.05) is 44.0 Å². The summed E-state index contributed by atoms with van der Waals surface area (Å²) in [5.74, 6) is 0. The molecule has 0 amide bonds. The summed E-state index contributed by atoms with van der Waals surface area (Å²) < 4.78 is 9.46. The van der Waals surface area contributed by atoms with Crippen LogP contribution in [0.1, 0.15) is 64.2 Å². The van der Waals surface area contributed by atoms with Crippen LogP contribution in [0.5, 0.6) is 0 Å². The molecule has 4 heterocycles. The lowest BCUT2D eigenvalue weighted by atomic mass is 9.97. The first-order valence-electron chi connectivity index (χ1n) is 21.7. The summed E-state index contributed by atoms with van der Waals surface area (Å²) in [5.41, 5.74) is 16.0. The number of allylic oxidation sites excluding steroid dienone is 3. The van der Waals surface area contributed by atoms with Gasteiger partial charge in [-0.15, -0.1) is 0 Å². The van der Waals surface area contributed by atoms with Crippen LogP contribution in [0.2, 0.25) is 0 Å². The van der Waals surface area contributed by atoms with Crippen LogP contribution < -0.4 is 0 Å². The summed E-state index contributed by atoms with van der Waals surface area (Å²) in [6.07, 6.45) is 19.1. The van der Waals surface area contributed by atoms with E-state index >= 15 is 0 Å². The molecule has 0 bridgehead atoms. The molecule has 3 aliphatic rings.